The van der Waals surface area contributed by atoms with Gasteiger partial charge in [-0.2, -0.15) is 0 Å². The predicted molar refractivity (Wildman–Crippen MR) is 150 cm³/mol. The molecular formula is C34H31NO4. The van der Waals surface area contributed by atoms with Crippen molar-refractivity contribution >= 4 is 6.09 Å². The number of ether oxygens (including phenoxy) is 2. The number of piperidine rings is 1. The van der Waals surface area contributed by atoms with Crippen LogP contribution in [-0.2, 0) is 15.1 Å². The third kappa shape index (κ3) is 4.13. The molecule has 0 saturated carbocycles. The van der Waals surface area contributed by atoms with E-state index >= 15 is 0 Å². The molecule has 2 atom stereocenters. The lowest BCUT2D eigenvalue weighted by atomic mass is 9.74. The maximum atomic E-state index is 13.6. The summed E-state index contributed by atoms with van der Waals surface area (Å²) in [5.74, 6) is 0.0110. The number of aliphatic hydroxyl groups is 1. The third-order valence-corrected chi connectivity index (χ3v) is 8.61. The largest absolute Gasteiger partial charge is 0.448 e. The zero-order valence-corrected chi connectivity index (χ0v) is 21.7. The predicted octanol–water partition coefficient (Wildman–Crippen LogP) is 6.35. The van der Waals surface area contributed by atoms with Crippen molar-refractivity contribution in [3.05, 3.63) is 120 Å². The third-order valence-electron chi connectivity index (χ3n) is 8.61. The molecule has 1 N–H and O–H groups in total. The van der Waals surface area contributed by atoms with Gasteiger partial charge in [0.2, 0.25) is 0 Å². The fraction of sp³-hybridized carbons (Fsp3) is 0.265. The van der Waals surface area contributed by atoms with E-state index < -0.39 is 5.60 Å². The summed E-state index contributed by atoms with van der Waals surface area (Å²) in [6.07, 6.45) is 0.475. The van der Waals surface area contributed by atoms with E-state index in [2.05, 4.69) is 54.6 Å². The van der Waals surface area contributed by atoms with Gasteiger partial charge in [-0.3, -0.25) is 4.90 Å². The van der Waals surface area contributed by atoms with E-state index in [1.54, 1.807) is 0 Å². The molecule has 2 aliphatic heterocycles. The summed E-state index contributed by atoms with van der Waals surface area (Å²) in [6.45, 7) is 1.05. The Bertz CT molecular complexity index is 1460. The Balaban J connectivity index is 1.12. The van der Waals surface area contributed by atoms with Crippen LogP contribution in [-0.4, -0.2) is 48.0 Å². The first-order chi connectivity index (χ1) is 19.1. The summed E-state index contributed by atoms with van der Waals surface area (Å²) in [5.41, 5.74) is 6.74. The maximum absolute atomic E-state index is 13.6. The average Bonchev–Trinajstić information content (AvgIpc) is 3.29. The van der Waals surface area contributed by atoms with Gasteiger partial charge >= 0.3 is 6.09 Å². The number of morpholine rings is 1. The summed E-state index contributed by atoms with van der Waals surface area (Å²) in [4.78, 5) is 15.4. The molecule has 2 bridgehead atoms. The van der Waals surface area contributed by atoms with Gasteiger partial charge in [0.15, 0.2) is 0 Å². The van der Waals surface area contributed by atoms with E-state index in [0.717, 1.165) is 16.7 Å². The molecule has 196 valence electrons. The molecule has 5 heteroatoms. The molecule has 4 aromatic rings. The van der Waals surface area contributed by atoms with Gasteiger partial charge in [-0.25, -0.2) is 4.79 Å². The lowest BCUT2D eigenvalue weighted by molar-refractivity contribution is -0.136. The zero-order chi connectivity index (χ0) is 26.4. The van der Waals surface area contributed by atoms with Crippen molar-refractivity contribution in [2.75, 3.05) is 19.8 Å². The molecule has 2 saturated heterocycles. The number of carbonyl (C=O) groups excluding carboxylic acids is 1. The molecular weight excluding hydrogens is 486 g/mol. The standard InChI is InChI=1S/C34H31NO4/c36-33(39-22-31-29-15-6-4-13-27(29)28-14-5-7-16-30(28)31)35-24-18-34(37,19-25(35)21-38-20-24)32-17-9-8-12-26(32)23-10-2-1-3-11-23/h1-17,24-25,31,37H,18-22H2. The highest BCUT2D eigenvalue weighted by Gasteiger charge is 2.50. The first kappa shape index (κ1) is 24.1. The maximum Gasteiger partial charge on any atom is 0.410 e. The Morgan fingerprint density at radius 3 is 1.95 bits per heavy atom. The Morgan fingerprint density at radius 2 is 1.31 bits per heavy atom. The van der Waals surface area contributed by atoms with Crippen molar-refractivity contribution in [2.45, 2.75) is 36.4 Å². The molecule has 2 fully saturated rings. The number of nitrogens with zero attached hydrogens (tertiary/aromatic N) is 1. The molecule has 39 heavy (non-hydrogen) atoms. The quantitative estimate of drug-likeness (QED) is 0.343. The van der Waals surface area contributed by atoms with Gasteiger partial charge in [0.25, 0.3) is 0 Å². The van der Waals surface area contributed by atoms with Crippen LogP contribution >= 0.6 is 0 Å². The number of amides is 1. The van der Waals surface area contributed by atoms with E-state index in [1.807, 2.05) is 53.4 Å². The monoisotopic (exact) mass is 517 g/mol. The van der Waals surface area contributed by atoms with E-state index in [9.17, 15) is 9.90 Å². The normalized spacial score (nSPS) is 23.7. The van der Waals surface area contributed by atoms with Crippen molar-refractivity contribution in [2.24, 2.45) is 0 Å². The summed E-state index contributed by atoms with van der Waals surface area (Å²) < 4.78 is 11.9. The van der Waals surface area contributed by atoms with Gasteiger partial charge in [0.05, 0.1) is 30.9 Å². The van der Waals surface area contributed by atoms with Crippen LogP contribution in [0.1, 0.15) is 35.4 Å². The number of hydrogen-bond acceptors (Lipinski definition) is 4. The van der Waals surface area contributed by atoms with Gasteiger partial charge < -0.3 is 14.6 Å². The van der Waals surface area contributed by atoms with E-state index in [-0.39, 0.29) is 30.7 Å². The molecule has 4 aromatic carbocycles. The van der Waals surface area contributed by atoms with Crippen molar-refractivity contribution in [1.29, 1.82) is 0 Å². The molecule has 3 aliphatic rings. The Morgan fingerprint density at radius 1 is 0.769 bits per heavy atom. The first-order valence-corrected chi connectivity index (χ1v) is 13.7. The molecule has 1 aliphatic carbocycles. The number of hydrogen-bond donors (Lipinski definition) is 1. The number of carbonyl (C=O) groups is 1. The van der Waals surface area contributed by atoms with Crippen LogP contribution in [0.5, 0.6) is 0 Å². The zero-order valence-electron chi connectivity index (χ0n) is 21.7. The molecule has 1 amide bonds. The highest BCUT2D eigenvalue weighted by atomic mass is 16.6. The molecule has 5 nitrogen and oxygen atoms in total. The SMILES string of the molecule is O=C(OCC1c2ccccc2-c2ccccc21)N1C2COCC1CC(O)(c1ccccc1-c1ccccc1)C2. The second-order valence-corrected chi connectivity index (χ2v) is 10.9. The van der Waals surface area contributed by atoms with Crippen LogP contribution in [0.25, 0.3) is 22.3 Å². The summed E-state index contributed by atoms with van der Waals surface area (Å²) in [6, 6.07) is 34.4. The summed E-state index contributed by atoms with van der Waals surface area (Å²) >= 11 is 0. The van der Waals surface area contributed by atoms with Gasteiger partial charge in [0, 0.05) is 18.8 Å². The van der Waals surface area contributed by atoms with E-state index in [4.69, 9.17) is 9.47 Å². The van der Waals surface area contributed by atoms with Crippen molar-refractivity contribution in [1.82, 2.24) is 4.90 Å². The molecule has 2 heterocycles. The molecule has 2 unspecified atom stereocenters. The first-order valence-electron chi connectivity index (χ1n) is 13.7. The second-order valence-electron chi connectivity index (χ2n) is 10.9. The minimum absolute atomic E-state index is 0.0110. The van der Waals surface area contributed by atoms with Crippen LogP contribution in [0.2, 0.25) is 0 Å². The van der Waals surface area contributed by atoms with Gasteiger partial charge in [-0.05, 0) is 38.9 Å². The van der Waals surface area contributed by atoms with Crippen molar-refractivity contribution in [3.63, 3.8) is 0 Å². The van der Waals surface area contributed by atoms with Crippen LogP contribution in [0.4, 0.5) is 4.79 Å². The molecule has 0 spiro atoms. The summed E-state index contributed by atoms with van der Waals surface area (Å²) in [5, 5.41) is 12.1. The van der Waals surface area contributed by atoms with E-state index in [0.29, 0.717) is 26.1 Å². The Kier molecular flexibility index (Phi) is 5.98. The number of rotatable bonds is 4. The average molecular weight is 518 g/mol. The second kappa shape index (κ2) is 9.67. The summed E-state index contributed by atoms with van der Waals surface area (Å²) in [7, 11) is 0. The minimum Gasteiger partial charge on any atom is -0.448 e. The minimum atomic E-state index is -1.06. The van der Waals surface area contributed by atoms with Gasteiger partial charge in [-0.15, -0.1) is 0 Å². The highest BCUT2D eigenvalue weighted by molar-refractivity contribution is 5.79. The Labute approximate surface area is 228 Å². The number of fused-ring (bicyclic) bond motifs is 5. The molecule has 7 rings (SSSR count). The molecule has 0 radical (unpaired) electrons. The topological polar surface area (TPSA) is 59.0 Å². The van der Waals surface area contributed by atoms with Crippen LogP contribution in [0.3, 0.4) is 0 Å². The van der Waals surface area contributed by atoms with Gasteiger partial charge in [-0.1, -0.05) is 103 Å². The van der Waals surface area contributed by atoms with Gasteiger partial charge in [0.1, 0.15) is 6.61 Å². The Hall–Kier alpha value is -3.93. The fourth-order valence-corrected chi connectivity index (χ4v) is 6.92. The van der Waals surface area contributed by atoms with Crippen LogP contribution in [0.15, 0.2) is 103 Å². The highest BCUT2D eigenvalue weighted by Crippen LogP contribution is 2.46. The van der Waals surface area contributed by atoms with Crippen molar-refractivity contribution in [3.8, 4) is 22.3 Å². The smallest absolute Gasteiger partial charge is 0.410 e. The lowest BCUT2D eigenvalue weighted by Gasteiger charge is -2.51. The molecule has 0 aromatic heterocycles. The fourth-order valence-electron chi connectivity index (χ4n) is 6.92. The van der Waals surface area contributed by atoms with E-state index in [1.165, 1.54) is 22.3 Å². The lowest BCUT2D eigenvalue weighted by Crippen LogP contribution is -2.62. The van der Waals surface area contributed by atoms with Crippen LogP contribution < -0.4 is 0 Å². The van der Waals surface area contributed by atoms with Crippen LogP contribution in [0, 0.1) is 0 Å². The number of benzene rings is 4. The van der Waals surface area contributed by atoms with Crippen molar-refractivity contribution < 1.29 is 19.4 Å².